The molecule has 168 valence electrons. The third kappa shape index (κ3) is 4.79. The average molecular weight is 445 g/mol. The molecule has 0 saturated heterocycles. The van der Waals surface area contributed by atoms with Gasteiger partial charge in [-0.1, -0.05) is 60.7 Å². The molecule has 0 heterocycles. The Kier molecular flexibility index (Phi) is 6.26. The number of hydrogen-bond acceptors (Lipinski definition) is 4. The number of carbonyl (C=O) groups excluding carboxylic acids is 2. The summed E-state index contributed by atoms with van der Waals surface area (Å²) >= 11 is 0. The first-order valence-corrected chi connectivity index (χ1v) is 10.4. The van der Waals surface area contributed by atoms with Gasteiger partial charge in [-0.3, -0.25) is 0 Å². The third-order valence-electron chi connectivity index (χ3n) is 5.63. The molecule has 3 aromatic carbocycles. The summed E-state index contributed by atoms with van der Waals surface area (Å²) in [4.78, 5) is 35.2. The number of ether oxygens (including phenoxy) is 1. The summed E-state index contributed by atoms with van der Waals surface area (Å²) in [7, 11) is 0. The molecule has 0 unspecified atom stereocenters. The number of nitrogens with one attached hydrogen (secondary N) is 3. The molecule has 8 nitrogen and oxygen atoms in total. The van der Waals surface area contributed by atoms with E-state index in [1.54, 1.807) is 19.1 Å². The molecular formula is C25H23N3O5. The minimum Gasteiger partial charge on any atom is -0.478 e. The van der Waals surface area contributed by atoms with Gasteiger partial charge in [0.05, 0.1) is 11.6 Å². The first-order chi connectivity index (χ1) is 15.9. The Hall–Kier alpha value is -4.33. The molecule has 0 bridgehead atoms. The molecule has 3 aromatic rings. The maximum Gasteiger partial charge on any atom is 0.426 e. The molecule has 1 atom stereocenters. The van der Waals surface area contributed by atoms with E-state index in [4.69, 9.17) is 9.84 Å². The molecule has 0 spiro atoms. The van der Waals surface area contributed by atoms with Crippen LogP contribution in [0.5, 0.6) is 0 Å². The van der Waals surface area contributed by atoms with Crippen LogP contribution in [-0.4, -0.2) is 29.8 Å². The van der Waals surface area contributed by atoms with Crippen molar-refractivity contribution in [3.8, 4) is 11.1 Å². The SMILES string of the molecule is C[C@@H](NC(=O)NNC(=O)OCC1c2ccccc2-c2ccccc21)c1ccc(C(=O)O)cc1. The van der Waals surface area contributed by atoms with Crippen LogP contribution in [-0.2, 0) is 4.74 Å². The number of amides is 3. The van der Waals surface area contributed by atoms with Gasteiger partial charge in [-0.15, -0.1) is 0 Å². The molecule has 0 aliphatic heterocycles. The summed E-state index contributed by atoms with van der Waals surface area (Å²) in [5, 5.41) is 11.6. The third-order valence-corrected chi connectivity index (χ3v) is 5.63. The number of rotatable bonds is 5. The molecule has 1 aliphatic rings. The van der Waals surface area contributed by atoms with E-state index in [1.807, 2.05) is 36.4 Å². The zero-order valence-corrected chi connectivity index (χ0v) is 17.9. The van der Waals surface area contributed by atoms with E-state index in [1.165, 1.54) is 12.1 Å². The lowest BCUT2D eigenvalue weighted by Crippen LogP contribution is -2.47. The summed E-state index contributed by atoms with van der Waals surface area (Å²) in [6, 6.07) is 21.2. The fourth-order valence-corrected chi connectivity index (χ4v) is 3.97. The van der Waals surface area contributed by atoms with E-state index in [2.05, 4.69) is 28.3 Å². The van der Waals surface area contributed by atoms with E-state index in [9.17, 15) is 14.4 Å². The van der Waals surface area contributed by atoms with Crippen LogP contribution in [0.2, 0.25) is 0 Å². The van der Waals surface area contributed by atoms with Gasteiger partial charge >= 0.3 is 18.1 Å². The van der Waals surface area contributed by atoms with Crippen LogP contribution < -0.4 is 16.2 Å². The van der Waals surface area contributed by atoms with E-state index in [0.29, 0.717) is 0 Å². The number of hydrazine groups is 1. The second kappa shape index (κ2) is 9.44. The first kappa shape index (κ1) is 21.9. The molecule has 8 heteroatoms. The van der Waals surface area contributed by atoms with Crippen molar-refractivity contribution in [3.63, 3.8) is 0 Å². The lowest BCUT2D eigenvalue weighted by molar-refractivity contribution is 0.0696. The van der Waals surface area contributed by atoms with Gasteiger partial charge in [-0.05, 0) is 46.9 Å². The van der Waals surface area contributed by atoms with Gasteiger partial charge in [0.1, 0.15) is 6.61 Å². The lowest BCUT2D eigenvalue weighted by Gasteiger charge is -2.17. The minimum absolute atomic E-state index is 0.0780. The Morgan fingerprint density at radius 1 is 0.879 bits per heavy atom. The van der Waals surface area contributed by atoms with Crippen LogP contribution in [0.3, 0.4) is 0 Å². The standard InChI is InChI=1S/C25H23N3O5/c1-15(16-10-12-17(13-11-16)23(29)30)26-24(31)27-28-25(32)33-14-22-20-8-4-2-6-18(20)19-7-3-5-9-21(19)22/h2-13,15,22H,14H2,1H3,(H,28,32)(H,29,30)(H2,26,27,31)/t15-/m1/s1. The van der Waals surface area contributed by atoms with Crippen LogP contribution >= 0.6 is 0 Å². The zero-order valence-electron chi connectivity index (χ0n) is 17.9. The van der Waals surface area contributed by atoms with Gasteiger partial charge in [0.15, 0.2) is 0 Å². The molecule has 3 amide bonds. The molecule has 4 N–H and O–H groups in total. The predicted molar refractivity (Wildman–Crippen MR) is 122 cm³/mol. The van der Waals surface area contributed by atoms with Crippen molar-refractivity contribution in [3.05, 3.63) is 95.1 Å². The van der Waals surface area contributed by atoms with Crippen molar-refractivity contribution < 1.29 is 24.2 Å². The highest BCUT2D eigenvalue weighted by atomic mass is 16.6. The summed E-state index contributed by atoms with van der Waals surface area (Å²) in [5.74, 6) is -1.10. The van der Waals surface area contributed by atoms with Gasteiger partial charge in [0.25, 0.3) is 0 Å². The van der Waals surface area contributed by atoms with Gasteiger partial charge in [-0.25, -0.2) is 25.2 Å². The highest BCUT2D eigenvalue weighted by Gasteiger charge is 2.29. The first-order valence-electron chi connectivity index (χ1n) is 10.4. The molecule has 0 saturated carbocycles. The van der Waals surface area contributed by atoms with Gasteiger partial charge in [0, 0.05) is 5.92 Å². The topological polar surface area (TPSA) is 117 Å². The number of urea groups is 1. The highest BCUT2D eigenvalue weighted by Crippen LogP contribution is 2.44. The van der Waals surface area contributed by atoms with Crippen molar-refractivity contribution in [2.24, 2.45) is 0 Å². The van der Waals surface area contributed by atoms with Crippen molar-refractivity contribution in [1.29, 1.82) is 0 Å². The quantitative estimate of drug-likeness (QED) is 0.439. The smallest absolute Gasteiger partial charge is 0.426 e. The van der Waals surface area contributed by atoms with Crippen molar-refractivity contribution >= 4 is 18.1 Å². The van der Waals surface area contributed by atoms with Crippen LogP contribution in [0, 0.1) is 0 Å². The van der Waals surface area contributed by atoms with Crippen molar-refractivity contribution in [2.75, 3.05) is 6.61 Å². The Morgan fingerprint density at radius 3 is 2.03 bits per heavy atom. The van der Waals surface area contributed by atoms with Crippen LogP contribution in [0.1, 0.15) is 45.9 Å². The Balaban J connectivity index is 1.27. The minimum atomic E-state index is -1.02. The summed E-state index contributed by atoms with van der Waals surface area (Å²) in [6.07, 6.45) is -0.773. The van der Waals surface area contributed by atoms with E-state index < -0.39 is 24.1 Å². The van der Waals surface area contributed by atoms with Crippen LogP contribution in [0.25, 0.3) is 11.1 Å². The largest absolute Gasteiger partial charge is 0.478 e. The van der Waals surface area contributed by atoms with E-state index in [-0.39, 0.29) is 18.1 Å². The van der Waals surface area contributed by atoms with E-state index in [0.717, 1.165) is 27.8 Å². The van der Waals surface area contributed by atoms with E-state index >= 15 is 0 Å². The van der Waals surface area contributed by atoms with Crippen molar-refractivity contribution in [1.82, 2.24) is 16.2 Å². The molecule has 0 radical (unpaired) electrons. The maximum absolute atomic E-state index is 12.2. The number of carboxylic acids is 1. The number of benzene rings is 3. The number of hydrogen-bond donors (Lipinski definition) is 4. The Bertz CT molecular complexity index is 1150. The number of fused-ring (bicyclic) bond motifs is 3. The second-order valence-electron chi connectivity index (χ2n) is 7.70. The van der Waals surface area contributed by atoms with Crippen LogP contribution in [0.15, 0.2) is 72.8 Å². The van der Waals surface area contributed by atoms with Gasteiger partial charge in [-0.2, -0.15) is 0 Å². The molecule has 0 aromatic heterocycles. The number of aromatic carboxylic acids is 1. The summed E-state index contributed by atoms with van der Waals surface area (Å²) < 4.78 is 5.37. The second-order valence-corrected chi connectivity index (χ2v) is 7.70. The van der Waals surface area contributed by atoms with Crippen molar-refractivity contribution in [2.45, 2.75) is 18.9 Å². The summed E-state index contributed by atoms with van der Waals surface area (Å²) in [6.45, 7) is 1.87. The monoisotopic (exact) mass is 445 g/mol. The molecule has 4 rings (SSSR count). The zero-order chi connectivity index (χ0) is 23.4. The molecule has 1 aliphatic carbocycles. The van der Waals surface area contributed by atoms with Crippen LogP contribution in [0.4, 0.5) is 9.59 Å². The number of carboxylic acid groups (broad SMARTS) is 1. The summed E-state index contributed by atoms with van der Waals surface area (Å²) in [5.41, 5.74) is 9.82. The van der Waals surface area contributed by atoms with Gasteiger partial charge < -0.3 is 15.2 Å². The molecular weight excluding hydrogens is 422 g/mol. The highest BCUT2D eigenvalue weighted by molar-refractivity contribution is 5.87. The maximum atomic E-state index is 12.2. The van der Waals surface area contributed by atoms with Gasteiger partial charge in [0.2, 0.25) is 0 Å². The fraction of sp³-hybridized carbons (Fsp3) is 0.160. The predicted octanol–water partition coefficient (Wildman–Crippen LogP) is 4.20. The normalized spacial score (nSPS) is 12.8. The number of carbonyl (C=O) groups is 3. The lowest BCUT2D eigenvalue weighted by atomic mass is 9.98. The Morgan fingerprint density at radius 2 is 1.45 bits per heavy atom. The Labute approximate surface area is 190 Å². The molecule has 33 heavy (non-hydrogen) atoms. The average Bonchev–Trinajstić information content (AvgIpc) is 3.15. The molecule has 0 fully saturated rings. The fourth-order valence-electron chi connectivity index (χ4n) is 3.97.